The van der Waals surface area contributed by atoms with Crippen molar-refractivity contribution in [1.82, 2.24) is 5.32 Å². The van der Waals surface area contributed by atoms with Crippen molar-refractivity contribution >= 4 is 40.5 Å². The van der Waals surface area contributed by atoms with Crippen molar-refractivity contribution in [2.75, 3.05) is 7.11 Å². The van der Waals surface area contributed by atoms with Crippen LogP contribution in [0.25, 0.3) is 0 Å². The Balaban J connectivity index is 1.64. The second-order valence-corrected chi connectivity index (χ2v) is 7.64. The highest BCUT2D eigenvalue weighted by Crippen LogP contribution is 2.18. The lowest BCUT2D eigenvalue weighted by Gasteiger charge is -2.16. The van der Waals surface area contributed by atoms with E-state index >= 15 is 0 Å². The molecule has 1 atom stereocenters. The Hall–Kier alpha value is -2.97. The van der Waals surface area contributed by atoms with E-state index in [1.807, 2.05) is 0 Å². The third kappa shape index (κ3) is 5.05. The number of thiophene rings is 2. The molecule has 2 heterocycles. The molecule has 1 amide bonds. The maximum absolute atomic E-state index is 12.2. The molecule has 0 fully saturated rings. The van der Waals surface area contributed by atoms with Crippen molar-refractivity contribution in [2.24, 2.45) is 0 Å². The van der Waals surface area contributed by atoms with Gasteiger partial charge in [0.05, 0.1) is 12.0 Å². The fraction of sp³-hybridized carbons (Fsp3) is 0.150. The normalized spacial score (nSPS) is 11.5. The fourth-order valence-electron chi connectivity index (χ4n) is 2.45. The average molecular weight is 415 g/mol. The lowest BCUT2D eigenvalue weighted by atomic mass is 10.1. The minimum atomic E-state index is -0.820. The first-order valence-corrected chi connectivity index (χ1v) is 10.1. The monoisotopic (exact) mass is 415 g/mol. The molecule has 144 valence electrons. The van der Waals surface area contributed by atoms with Gasteiger partial charge in [-0.2, -0.15) is 0 Å². The number of amides is 1. The first-order chi connectivity index (χ1) is 13.6. The van der Waals surface area contributed by atoms with Crippen molar-refractivity contribution < 1.29 is 23.9 Å². The van der Waals surface area contributed by atoms with Crippen LogP contribution in [0.4, 0.5) is 0 Å². The quantitative estimate of drug-likeness (QED) is 0.471. The van der Waals surface area contributed by atoms with E-state index in [1.165, 1.54) is 29.8 Å². The van der Waals surface area contributed by atoms with E-state index in [0.29, 0.717) is 15.5 Å². The summed E-state index contributed by atoms with van der Waals surface area (Å²) in [5, 5.41) is 6.29. The molecule has 0 bridgehead atoms. The number of carbonyl (C=O) groups is 3. The van der Waals surface area contributed by atoms with E-state index < -0.39 is 18.0 Å². The van der Waals surface area contributed by atoms with Gasteiger partial charge in [-0.25, -0.2) is 9.59 Å². The number of hydrogen-bond acceptors (Lipinski definition) is 7. The molecule has 3 rings (SSSR count). The first-order valence-electron chi connectivity index (χ1n) is 8.33. The summed E-state index contributed by atoms with van der Waals surface area (Å²) in [7, 11) is 1.28. The van der Waals surface area contributed by atoms with E-state index in [2.05, 4.69) is 5.32 Å². The van der Waals surface area contributed by atoms with Gasteiger partial charge in [-0.1, -0.05) is 24.3 Å². The van der Waals surface area contributed by atoms with Gasteiger partial charge in [-0.3, -0.25) is 4.79 Å². The lowest BCUT2D eigenvalue weighted by Crippen LogP contribution is -2.42. The lowest BCUT2D eigenvalue weighted by molar-refractivity contribution is -0.142. The predicted molar refractivity (Wildman–Crippen MR) is 107 cm³/mol. The summed E-state index contributed by atoms with van der Waals surface area (Å²) in [6.07, 6.45) is 0.253. The number of methoxy groups -OCH3 is 1. The van der Waals surface area contributed by atoms with Crippen molar-refractivity contribution in [2.45, 2.75) is 12.5 Å². The van der Waals surface area contributed by atoms with Crippen LogP contribution in [0.5, 0.6) is 5.75 Å². The number of benzene rings is 1. The highest BCUT2D eigenvalue weighted by Gasteiger charge is 2.23. The highest BCUT2D eigenvalue weighted by molar-refractivity contribution is 7.12. The molecular formula is C20H17NO5S2. The number of esters is 2. The van der Waals surface area contributed by atoms with Crippen molar-refractivity contribution in [3.63, 3.8) is 0 Å². The number of rotatable bonds is 7. The minimum absolute atomic E-state index is 0.253. The molecule has 0 saturated heterocycles. The zero-order chi connectivity index (χ0) is 19.9. The molecule has 8 heteroatoms. The zero-order valence-electron chi connectivity index (χ0n) is 14.9. The molecule has 3 aromatic rings. The first kappa shape index (κ1) is 19.8. The summed E-state index contributed by atoms with van der Waals surface area (Å²) in [5.41, 5.74) is 0.790. The van der Waals surface area contributed by atoms with Crippen molar-refractivity contribution in [3.8, 4) is 5.75 Å². The Labute approximate surface area is 169 Å². The van der Waals surface area contributed by atoms with E-state index in [9.17, 15) is 14.4 Å². The maximum atomic E-state index is 12.2. The van der Waals surface area contributed by atoms with Gasteiger partial charge in [0.15, 0.2) is 0 Å². The molecule has 0 saturated carbocycles. The molecule has 1 N–H and O–H groups in total. The van der Waals surface area contributed by atoms with Crippen LogP contribution < -0.4 is 10.1 Å². The maximum Gasteiger partial charge on any atom is 0.353 e. The average Bonchev–Trinajstić information content (AvgIpc) is 3.42. The van der Waals surface area contributed by atoms with Crippen LogP contribution >= 0.6 is 22.7 Å². The third-order valence-corrected chi connectivity index (χ3v) is 5.55. The summed E-state index contributed by atoms with van der Waals surface area (Å²) in [5.74, 6) is -0.872. The van der Waals surface area contributed by atoms with E-state index in [0.717, 1.165) is 5.56 Å². The zero-order valence-corrected chi connectivity index (χ0v) is 16.5. The van der Waals surface area contributed by atoms with Crippen molar-refractivity contribution in [3.05, 3.63) is 74.6 Å². The van der Waals surface area contributed by atoms with Crippen LogP contribution in [0.1, 0.15) is 24.9 Å². The Bertz CT molecular complexity index is 934. The second-order valence-electron chi connectivity index (χ2n) is 5.74. The van der Waals surface area contributed by atoms with Gasteiger partial charge in [0.25, 0.3) is 5.91 Å². The minimum Gasteiger partial charge on any atom is -0.467 e. The van der Waals surface area contributed by atoms with E-state index in [1.54, 1.807) is 59.3 Å². The molecule has 1 aromatic carbocycles. The summed E-state index contributed by atoms with van der Waals surface area (Å²) >= 11 is 2.60. The Kier molecular flexibility index (Phi) is 6.57. The summed E-state index contributed by atoms with van der Waals surface area (Å²) in [6.45, 7) is 0. The van der Waals surface area contributed by atoms with Crippen LogP contribution in [0.2, 0.25) is 0 Å². The molecule has 1 unspecified atom stereocenters. The van der Waals surface area contributed by atoms with Crippen LogP contribution in [0.15, 0.2) is 59.3 Å². The van der Waals surface area contributed by atoms with Crippen molar-refractivity contribution in [1.29, 1.82) is 0 Å². The molecule has 0 aliphatic carbocycles. The van der Waals surface area contributed by atoms with Gasteiger partial charge in [-0.15, -0.1) is 22.7 Å². The van der Waals surface area contributed by atoms with Crippen LogP contribution in [-0.2, 0) is 16.0 Å². The molecule has 0 aliphatic rings. The van der Waals surface area contributed by atoms with Crippen LogP contribution in [0, 0.1) is 0 Å². The van der Waals surface area contributed by atoms with Gasteiger partial charge >= 0.3 is 11.9 Å². The SMILES string of the molecule is COC(=O)C(Cc1ccc(OC(=O)c2cccs2)cc1)NC(=O)c1cccs1. The van der Waals surface area contributed by atoms with Gasteiger partial charge in [0.1, 0.15) is 16.7 Å². The largest absolute Gasteiger partial charge is 0.467 e. The summed E-state index contributed by atoms with van der Waals surface area (Å²) < 4.78 is 10.1. The Morgan fingerprint density at radius 2 is 1.61 bits per heavy atom. The standard InChI is InChI=1S/C20H17NO5S2/c1-25-19(23)15(21-18(22)16-4-2-10-27-16)12-13-6-8-14(9-7-13)26-20(24)17-5-3-11-28-17/h2-11,15H,12H2,1H3,(H,21,22). The third-order valence-electron chi connectivity index (χ3n) is 3.83. The Morgan fingerprint density at radius 1 is 0.964 bits per heavy atom. The smallest absolute Gasteiger partial charge is 0.353 e. The summed E-state index contributed by atoms with van der Waals surface area (Å²) in [6, 6.07) is 12.9. The number of hydrogen-bond donors (Lipinski definition) is 1. The molecule has 28 heavy (non-hydrogen) atoms. The number of carbonyl (C=O) groups excluding carboxylic acids is 3. The highest BCUT2D eigenvalue weighted by atomic mass is 32.1. The number of ether oxygens (including phenoxy) is 2. The van der Waals surface area contributed by atoms with Crippen LogP contribution in [-0.4, -0.2) is 31.0 Å². The van der Waals surface area contributed by atoms with Gasteiger partial charge in [0.2, 0.25) is 0 Å². The van der Waals surface area contributed by atoms with Crippen LogP contribution in [0.3, 0.4) is 0 Å². The topological polar surface area (TPSA) is 81.7 Å². The molecular weight excluding hydrogens is 398 g/mol. The second kappa shape index (κ2) is 9.29. The predicted octanol–water partition coefficient (Wildman–Crippen LogP) is 3.54. The van der Waals surface area contributed by atoms with Gasteiger partial charge in [-0.05, 0) is 40.6 Å². The number of nitrogens with one attached hydrogen (secondary N) is 1. The molecule has 0 spiro atoms. The Morgan fingerprint density at radius 3 is 2.18 bits per heavy atom. The molecule has 0 radical (unpaired) electrons. The molecule has 6 nitrogen and oxygen atoms in total. The van der Waals surface area contributed by atoms with E-state index in [4.69, 9.17) is 9.47 Å². The fourth-order valence-corrected chi connectivity index (χ4v) is 3.68. The van der Waals surface area contributed by atoms with Gasteiger partial charge in [0, 0.05) is 6.42 Å². The molecule has 2 aromatic heterocycles. The van der Waals surface area contributed by atoms with E-state index in [-0.39, 0.29) is 12.3 Å². The molecule has 0 aliphatic heterocycles. The van der Waals surface area contributed by atoms with Gasteiger partial charge < -0.3 is 14.8 Å². The summed E-state index contributed by atoms with van der Waals surface area (Å²) in [4.78, 5) is 37.3.